The van der Waals surface area contributed by atoms with E-state index in [1.807, 2.05) is 24.3 Å². The van der Waals surface area contributed by atoms with Crippen LogP contribution in [0.4, 0.5) is 0 Å². The predicted octanol–water partition coefficient (Wildman–Crippen LogP) is 1.98. The van der Waals surface area contributed by atoms with Gasteiger partial charge in [0.15, 0.2) is 0 Å². The van der Waals surface area contributed by atoms with E-state index in [1.54, 1.807) is 7.05 Å². The molecule has 1 aromatic carbocycles. The average Bonchev–Trinajstić information content (AvgIpc) is 2.78. The molecule has 19 heavy (non-hydrogen) atoms. The Kier molecular flexibility index (Phi) is 3.80. The van der Waals surface area contributed by atoms with E-state index in [9.17, 15) is 9.59 Å². The van der Waals surface area contributed by atoms with Crippen LogP contribution in [0.1, 0.15) is 11.9 Å². The van der Waals surface area contributed by atoms with Crippen molar-refractivity contribution in [2.75, 3.05) is 7.05 Å². The Bertz CT molecular complexity index is 590. The molecule has 1 aromatic heterocycles. The number of thiazole rings is 1. The first-order valence-electron chi connectivity index (χ1n) is 5.81. The van der Waals surface area contributed by atoms with Crippen molar-refractivity contribution >= 4 is 33.4 Å². The first-order valence-corrected chi connectivity index (χ1v) is 6.63. The summed E-state index contributed by atoms with van der Waals surface area (Å²) in [5.41, 5.74) is 0.898. The van der Waals surface area contributed by atoms with E-state index in [-0.39, 0.29) is 0 Å². The summed E-state index contributed by atoms with van der Waals surface area (Å²) in [5, 5.41) is 9.62. The van der Waals surface area contributed by atoms with Crippen LogP contribution >= 0.6 is 11.3 Å². The topological polar surface area (TPSA) is 70.5 Å². The maximum atomic E-state index is 11.8. The molecule has 2 aromatic rings. The highest BCUT2D eigenvalue weighted by Crippen LogP contribution is 2.22. The van der Waals surface area contributed by atoms with Gasteiger partial charge in [-0.2, -0.15) is 0 Å². The van der Waals surface area contributed by atoms with Gasteiger partial charge in [0.1, 0.15) is 10.9 Å². The van der Waals surface area contributed by atoms with Crippen molar-refractivity contribution in [2.24, 2.45) is 5.92 Å². The predicted molar refractivity (Wildman–Crippen MR) is 72.9 cm³/mol. The second-order valence-corrected chi connectivity index (χ2v) is 5.44. The van der Waals surface area contributed by atoms with Gasteiger partial charge < -0.3 is 10.0 Å². The first kappa shape index (κ1) is 13.5. The van der Waals surface area contributed by atoms with Crippen molar-refractivity contribution < 1.29 is 14.7 Å². The summed E-state index contributed by atoms with van der Waals surface area (Å²) in [5.74, 6) is -2.55. The van der Waals surface area contributed by atoms with Gasteiger partial charge in [-0.15, -0.1) is 11.3 Å². The van der Waals surface area contributed by atoms with E-state index in [1.165, 1.54) is 23.2 Å². The molecule has 0 radical (unpaired) electrons. The van der Waals surface area contributed by atoms with Gasteiger partial charge in [-0.05, 0) is 19.1 Å². The lowest BCUT2D eigenvalue weighted by Crippen LogP contribution is -2.34. The molecule has 0 aliphatic carbocycles. The number of carbonyl (C=O) groups is 2. The number of hydrogen-bond acceptors (Lipinski definition) is 4. The number of nitrogens with zero attached hydrogens (tertiary/aromatic N) is 2. The van der Waals surface area contributed by atoms with Gasteiger partial charge in [0.05, 0.1) is 16.8 Å². The van der Waals surface area contributed by atoms with Crippen LogP contribution in [0.3, 0.4) is 0 Å². The maximum Gasteiger partial charge on any atom is 0.315 e. The average molecular weight is 278 g/mol. The zero-order valence-electron chi connectivity index (χ0n) is 10.7. The van der Waals surface area contributed by atoms with Crippen LogP contribution in [-0.2, 0) is 16.1 Å². The highest BCUT2D eigenvalue weighted by atomic mass is 32.1. The summed E-state index contributed by atoms with van der Waals surface area (Å²) in [4.78, 5) is 28.4. The number of benzene rings is 1. The van der Waals surface area contributed by atoms with Gasteiger partial charge in [0.25, 0.3) is 0 Å². The lowest BCUT2D eigenvalue weighted by Gasteiger charge is -2.17. The molecule has 0 spiro atoms. The molecule has 1 N–H and O–H groups in total. The van der Waals surface area contributed by atoms with Crippen molar-refractivity contribution in [1.82, 2.24) is 9.88 Å². The highest BCUT2D eigenvalue weighted by Gasteiger charge is 2.24. The number of para-hydroxylation sites is 1. The second-order valence-electron chi connectivity index (χ2n) is 4.33. The van der Waals surface area contributed by atoms with Crippen molar-refractivity contribution in [3.05, 3.63) is 29.3 Å². The zero-order valence-corrected chi connectivity index (χ0v) is 11.5. The van der Waals surface area contributed by atoms with Crippen LogP contribution in [0.15, 0.2) is 24.3 Å². The van der Waals surface area contributed by atoms with Gasteiger partial charge in [0.2, 0.25) is 5.91 Å². The zero-order chi connectivity index (χ0) is 14.0. The molecule has 5 nitrogen and oxygen atoms in total. The van der Waals surface area contributed by atoms with Crippen LogP contribution in [0, 0.1) is 5.92 Å². The van der Waals surface area contributed by atoms with E-state index < -0.39 is 17.8 Å². The van der Waals surface area contributed by atoms with Gasteiger partial charge in [-0.1, -0.05) is 12.1 Å². The Balaban J connectivity index is 2.12. The molecule has 6 heteroatoms. The summed E-state index contributed by atoms with van der Waals surface area (Å²) in [6, 6.07) is 7.73. The van der Waals surface area contributed by atoms with Crippen molar-refractivity contribution in [2.45, 2.75) is 13.5 Å². The third-order valence-corrected chi connectivity index (χ3v) is 3.85. The minimum atomic E-state index is -1.11. The normalized spacial score (nSPS) is 12.3. The molecular formula is C13H14N2O3S. The summed E-state index contributed by atoms with van der Waals surface area (Å²) in [7, 11) is 1.59. The molecule has 0 bridgehead atoms. The maximum absolute atomic E-state index is 11.8. The van der Waals surface area contributed by atoms with Crippen molar-refractivity contribution in [3.63, 3.8) is 0 Å². The number of carboxylic acids is 1. The number of amides is 1. The van der Waals surface area contributed by atoms with Gasteiger partial charge in [0, 0.05) is 7.05 Å². The number of fused-ring (bicyclic) bond motifs is 1. The molecule has 100 valence electrons. The molecule has 1 amide bonds. The van der Waals surface area contributed by atoms with E-state index >= 15 is 0 Å². The monoisotopic (exact) mass is 278 g/mol. The minimum absolute atomic E-state index is 0.329. The van der Waals surface area contributed by atoms with E-state index in [2.05, 4.69) is 4.98 Å². The molecule has 0 aliphatic rings. The SMILES string of the molecule is CC(C(=O)O)C(=O)N(C)Cc1nc2ccccc2s1. The molecule has 1 atom stereocenters. The Morgan fingerprint density at radius 1 is 1.42 bits per heavy atom. The standard InChI is InChI=1S/C13H14N2O3S/c1-8(13(17)18)12(16)15(2)7-11-14-9-5-3-4-6-10(9)19-11/h3-6,8H,7H2,1-2H3,(H,17,18). The van der Waals surface area contributed by atoms with E-state index in [4.69, 9.17) is 5.11 Å². The van der Waals surface area contributed by atoms with Crippen molar-refractivity contribution in [1.29, 1.82) is 0 Å². The third kappa shape index (κ3) is 2.90. The van der Waals surface area contributed by atoms with Crippen LogP contribution in [-0.4, -0.2) is 33.9 Å². The number of rotatable bonds is 4. The van der Waals surface area contributed by atoms with Crippen LogP contribution < -0.4 is 0 Å². The number of aromatic nitrogens is 1. The molecule has 0 saturated heterocycles. The van der Waals surface area contributed by atoms with E-state index in [0.717, 1.165) is 15.2 Å². The number of carbonyl (C=O) groups excluding carboxylic acids is 1. The number of carboxylic acid groups (broad SMARTS) is 1. The molecule has 0 aliphatic heterocycles. The fourth-order valence-electron chi connectivity index (χ4n) is 1.70. The number of hydrogen-bond donors (Lipinski definition) is 1. The summed E-state index contributed by atoms with van der Waals surface area (Å²) in [6.45, 7) is 1.72. The first-order chi connectivity index (χ1) is 8.99. The highest BCUT2D eigenvalue weighted by molar-refractivity contribution is 7.18. The van der Waals surface area contributed by atoms with Crippen LogP contribution in [0.25, 0.3) is 10.2 Å². The minimum Gasteiger partial charge on any atom is -0.481 e. The Morgan fingerprint density at radius 2 is 2.11 bits per heavy atom. The lowest BCUT2D eigenvalue weighted by atomic mass is 10.1. The van der Waals surface area contributed by atoms with Gasteiger partial charge >= 0.3 is 5.97 Å². The summed E-state index contributed by atoms with van der Waals surface area (Å²) in [6.07, 6.45) is 0. The largest absolute Gasteiger partial charge is 0.481 e. The van der Waals surface area contributed by atoms with Crippen LogP contribution in [0.2, 0.25) is 0 Å². The second kappa shape index (κ2) is 5.36. The van der Waals surface area contributed by atoms with Gasteiger partial charge in [-0.25, -0.2) is 4.98 Å². The summed E-state index contributed by atoms with van der Waals surface area (Å²) >= 11 is 1.51. The number of aliphatic carboxylic acids is 1. The Morgan fingerprint density at radius 3 is 2.74 bits per heavy atom. The fraction of sp³-hybridized carbons (Fsp3) is 0.308. The Labute approximate surface area is 114 Å². The molecule has 2 rings (SSSR count). The lowest BCUT2D eigenvalue weighted by molar-refractivity contribution is -0.149. The third-order valence-electron chi connectivity index (χ3n) is 2.83. The molecule has 1 heterocycles. The Hall–Kier alpha value is -1.95. The summed E-state index contributed by atoms with van der Waals surface area (Å²) < 4.78 is 1.06. The van der Waals surface area contributed by atoms with Gasteiger partial charge in [-0.3, -0.25) is 9.59 Å². The quantitative estimate of drug-likeness (QED) is 0.868. The fourth-order valence-corrected chi connectivity index (χ4v) is 2.73. The van der Waals surface area contributed by atoms with Crippen LogP contribution in [0.5, 0.6) is 0 Å². The molecular weight excluding hydrogens is 264 g/mol. The van der Waals surface area contributed by atoms with Crippen molar-refractivity contribution in [3.8, 4) is 0 Å². The smallest absolute Gasteiger partial charge is 0.315 e. The molecule has 0 fully saturated rings. The van der Waals surface area contributed by atoms with E-state index in [0.29, 0.717) is 6.54 Å². The molecule has 0 saturated carbocycles. The molecule has 1 unspecified atom stereocenters.